The molecule has 0 unspecified atom stereocenters. The van der Waals surface area contributed by atoms with Crippen molar-refractivity contribution in [3.63, 3.8) is 0 Å². The first-order chi connectivity index (χ1) is 9.86. The van der Waals surface area contributed by atoms with Gasteiger partial charge in [-0.3, -0.25) is 0 Å². The van der Waals surface area contributed by atoms with Crippen LogP contribution in [-0.4, -0.2) is 32.3 Å². The first-order valence-corrected chi connectivity index (χ1v) is 6.90. The van der Waals surface area contributed by atoms with Crippen molar-refractivity contribution >= 4 is 23.5 Å². The third-order valence-corrected chi connectivity index (χ3v) is 3.08. The molecule has 21 heavy (non-hydrogen) atoms. The molecular formula is C15H19ClO5. The molecule has 0 radical (unpaired) electrons. The van der Waals surface area contributed by atoms with Gasteiger partial charge in [-0.15, -0.1) is 0 Å². The summed E-state index contributed by atoms with van der Waals surface area (Å²) in [5, 5.41) is 0.421. The van der Waals surface area contributed by atoms with Gasteiger partial charge in [-0.05, 0) is 30.5 Å². The molecule has 0 saturated carbocycles. The largest absolute Gasteiger partial charge is 0.481 e. The van der Waals surface area contributed by atoms with Gasteiger partial charge in [0.05, 0.1) is 13.7 Å². The minimum absolute atomic E-state index is 0.210. The summed E-state index contributed by atoms with van der Waals surface area (Å²) in [6, 6.07) is 3.12. The Morgan fingerprint density at radius 1 is 1.29 bits per heavy atom. The number of methoxy groups -OCH3 is 1. The molecule has 0 spiro atoms. The molecule has 0 aliphatic heterocycles. The fourth-order valence-electron chi connectivity index (χ4n) is 1.58. The SMILES string of the molecule is COC(=O)c1c(OCC(=O)OCC(C)C)ccc(Cl)c1C. The lowest BCUT2D eigenvalue weighted by molar-refractivity contribution is -0.147. The maximum Gasteiger partial charge on any atom is 0.344 e. The summed E-state index contributed by atoms with van der Waals surface area (Å²) in [7, 11) is 1.27. The number of hydrogen-bond donors (Lipinski definition) is 0. The van der Waals surface area contributed by atoms with Crippen LogP contribution in [0.3, 0.4) is 0 Å². The van der Waals surface area contributed by atoms with E-state index in [1.165, 1.54) is 13.2 Å². The zero-order chi connectivity index (χ0) is 16.0. The van der Waals surface area contributed by atoms with Crippen molar-refractivity contribution in [3.05, 3.63) is 28.3 Å². The Hall–Kier alpha value is -1.75. The first-order valence-electron chi connectivity index (χ1n) is 6.52. The van der Waals surface area contributed by atoms with Crippen LogP contribution in [0.25, 0.3) is 0 Å². The van der Waals surface area contributed by atoms with Crippen molar-refractivity contribution in [2.75, 3.05) is 20.3 Å². The lowest BCUT2D eigenvalue weighted by Crippen LogP contribution is -2.18. The van der Waals surface area contributed by atoms with Crippen molar-refractivity contribution in [2.45, 2.75) is 20.8 Å². The van der Waals surface area contributed by atoms with Crippen LogP contribution in [0.2, 0.25) is 5.02 Å². The summed E-state index contributed by atoms with van der Waals surface area (Å²) >= 11 is 5.98. The number of esters is 2. The average Bonchev–Trinajstić information content (AvgIpc) is 2.45. The topological polar surface area (TPSA) is 61.8 Å². The van der Waals surface area contributed by atoms with Crippen molar-refractivity contribution in [1.82, 2.24) is 0 Å². The molecule has 0 aliphatic rings. The number of carbonyl (C=O) groups is 2. The Labute approximate surface area is 129 Å². The van der Waals surface area contributed by atoms with E-state index in [4.69, 9.17) is 25.8 Å². The minimum atomic E-state index is -0.569. The number of carbonyl (C=O) groups excluding carboxylic acids is 2. The van der Waals surface area contributed by atoms with Gasteiger partial charge < -0.3 is 14.2 Å². The Bertz CT molecular complexity index is 525. The molecule has 116 valence electrons. The monoisotopic (exact) mass is 314 g/mol. The van der Waals surface area contributed by atoms with Crippen LogP contribution in [0.15, 0.2) is 12.1 Å². The van der Waals surface area contributed by atoms with E-state index in [1.54, 1.807) is 13.0 Å². The van der Waals surface area contributed by atoms with Gasteiger partial charge in [-0.1, -0.05) is 25.4 Å². The summed E-state index contributed by atoms with van der Waals surface area (Å²) < 4.78 is 15.1. The van der Waals surface area contributed by atoms with Gasteiger partial charge in [0.15, 0.2) is 6.61 Å². The zero-order valence-corrected chi connectivity index (χ0v) is 13.3. The second-order valence-corrected chi connectivity index (χ2v) is 5.31. The maximum absolute atomic E-state index is 11.8. The fraction of sp³-hybridized carbons (Fsp3) is 0.467. The lowest BCUT2D eigenvalue weighted by Gasteiger charge is -2.13. The van der Waals surface area contributed by atoms with Crippen LogP contribution < -0.4 is 4.74 Å². The predicted molar refractivity (Wildman–Crippen MR) is 78.8 cm³/mol. The van der Waals surface area contributed by atoms with Crippen LogP contribution in [-0.2, 0) is 14.3 Å². The van der Waals surface area contributed by atoms with Gasteiger partial charge >= 0.3 is 11.9 Å². The van der Waals surface area contributed by atoms with E-state index in [9.17, 15) is 9.59 Å². The summed E-state index contributed by atoms with van der Waals surface area (Å²) in [6.07, 6.45) is 0. The Balaban J connectivity index is 2.82. The molecule has 0 aliphatic carbocycles. The molecule has 0 fully saturated rings. The van der Waals surface area contributed by atoms with Crippen molar-refractivity contribution in [3.8, 4) is 5.75 Å². The second kappa shape index (κ2) is 7.88. The molecular weight excluding hydrogens is 296 g/mol. The molecule has 0 aromatic heterocycles. The van der Waals surface area contributed by atoms with Gasteiger partial charge in [0.2, 0.25) is 0 Å². The molecule has 0 saturated heterocycles. The smallest absolute Gasteiger partial charge is 0.344 e. The third-order valence-electron chi connectivity index (χ3n) is 2.67. The van der Waals surface area contributed by atoms with Gasteiger partial charge in [0.1, 0.15) is 11.3 Å². The van der Waals surface area contributed by atoms with E-state index < -0.39 is 11.9 Å². The van der Waals surface area contributed by atoms with Gasteiger partial charge in [0.25, 0.3) is 0 Å². The molecule has 0 amide bonds. The van der Waals surface area contributed by atoms with Gasteiger partial charge in [0, 0.05) is 5.02 Å². The summed E-state index contributed by atoms with van der Waals surface area (Å²) in [6.45, 7) is 5.60. The molecule has 0 atom stereocenters. The third kappa shape index (κ3) is 4.93. The number of rotatable bonds is 6. The Morgan fingerprint density at radius 2 is 1.95 bits per heavy atom. The highest BCUT2D eigenvalue weighted by Gasteiger charge is 2.19. The number of hydrogen-bond acceptors (Lipinski definition) is 5. The summed E-state index contributed by atoms with van der Waals surface area (Å²) in [5.41, 5.74) is 0.748. The van der Waals surface area contributed by atoms with Crippen molar-refractivity contribution in [1.29, 1.82) is 0 Å². The number of halogens is 1. The van der Waals surface area contributed by atoms with E-state index in [1.807, 2.05) is 13.8 Å². The fourth-order valence-corrected chi connectivity index (χ4v) is 1.73. The first kappa shape index (κ1) is 17.3. The molecule has 0 heterocycles. The van der Waals surface area contributed by atoms with E-state index in [-0.39, 0.29) is 23.8 Å². The number of benzene rings is 1. The highest BCUT2D eigenvalue weighted by molar-refractivity contribution is 6.31. The van der Waals surface area contributed by atoms with Crippen LogP contribution in [0.1, 0.15) is 29.8 Å². The van der Waals surface area contributed by atoms with Crippen LogP contribution >= 0.6 is 11.6 Å². The maximum atomic E-state index is 11.8. The Kier molecular flexibility index (Phi) is 6.49. The molecule has 5 nitrogen and oxygen atoms in total. The highest BCUT2D eigenvalue weighted by atomic mass is 35.5. The predicted octanol–water partition coefficient (Wildman–Crippen LogP) is 3.01. The second-order valence-electron chi connectivity index (χ2n) is 4.90. The molecule has 1 aromatic rings. The van der Waals surface area contributed by atoms with Crippen molar-refractivity contribution < 1.29 is 23.8 Å². The van der Waals surface area contributed by atoms with Crippen molar-refractivity contribution in [2.24, 2.45) is 5.92 Å². The standard InChI is InChI=1S/C15H19ClO5/c1-9(2)7-21-13(17)8-20-12-6-5-11(16)10(3)14(12)15(18)19-4/h5-6,9H,7-8H2,1-4H3. The van der Waals surface area contributed by atoms with Gasteiger partial charge in [-0.2, -0.15) is 0 Å². The highest BCUT2D eigenvalue weighted by Crippen LogP contribution is 2.28. The quantitative estimate of drug-likeness (QED) is 0.755. The van der Waals surface area contributed by atoms with E-state index in [0.29, 0.717) is 17.2 Å². The summed E-state index contributed by atoms with van der Waals surface area (Å²) in [5.74, 6) is -0.574. The zero-order valence-electron chi connectivity index (χ0n) is 12.6. The normalized spacial score (nSPS) is 10.4. The lowest BCUT2D eigenvalue weighted by atomic mass is 10.1. The molecule has 0 N–H and O–H groups in total. The van der Waals surface area contributed by atoms with Crippen LogP contribution in [0.4, 0.5) is 0 Å². The Morgan fingerprint density at radius 3 is 2.52 bits per heavy atom. The molecule has 0 bridgehead atoms. The van der Waals surface area contributed by atoms with E-state index in [2.05, 4.69) is 0 Å². The van der Waals surface area contributed by atoms with E-state index in [0.717, 1.165) is 0 Å². The number of ether oxygens (including phenoxy) is 3. The van der Waals surface area contributed by atoms with Crippen LogP contribution in [0.5, 0.6) is 5.75 Å². The molecule has 6 heteroatoms. The van der Waals surface area contributed by atoms with E-state index >= 15 is 0 Å². The molecule has 1 rings (SSSR count). The minimum Gasteiger partial charge on any atom is -0.481 e. The van der Waals surface area contributed by atoms with Gasteiger partial charge in [-0.25, -0.2) is 9.59 Å². The molecule has 1 aromatic carbocycles. The average molecular weight is 315 g/mol. The van der Waals surface area contributed by atoms with Crippen LogP contribution in [0, 0.1) is 12.8 Å². The summed E-state index contributed by atoms with van der Waals surface area (Å²) in [4.78, 5) is 23.3.